The van der Waals surface area contributed by atoms with E-state index in [9.17, 15) is 23.3 Å². The van der Waals surface area contributed by atoms with Crippen LogP contribution in [0.5, 0.6) is 0 Å². The van der Waals surface area contributed by atoms with Crippen LogP contribution in [0.4, 0.5) is 5.69 Å². The van der Waals surface area contributed by atoms with E-state index in [1.807, 2.05) is 0 Å². The summed E-state index contributed by atoms with van der Waals surface area (Å²) in [6.45, 7) is 6.00. The number of nitrogens with zero attached hydrogens (tertiary/aromatic N) is 1. The number of aryl methyl sites for hydroxylation is 2. The maximum atomic E-state index is 12.4. The van der Waals surface area contributed by atoms with Crippen LogP contribution in [0.15, 0.2) is 17.0 Å². The highest BCUT2D eigenvalue weighted by Crippen LogP contribution is 2.26. The molecule has 0 fully saturated rings. The Balaban J connectivity index is 3.32. The molecule has 0 heterocycles. The molecule has 0 amide bonds. The van der Waals surface area contributed by atoms with Gasteiger partial charge in [0.05, 0.1) is 9.82 Å². The van der Waals surface area contributed by atoms with E-state index in [4.69, 9.17) is 5.11 Å². The molecule has 1 unspecified atom stereocenters. The van der Waals surface area contributed by atoms with E-state index in [0.29, 0.717) is 0 Å². The summed E-state index contributed by atoms with van der Waals surface area (Å²) in [7, 11) is -4.10. The Bertz CT molecular complexity index is 711. The summed E-state index contributed by atoms with van der Waals surface area (Å²) in [6, 6.07) is 1.06. The Morgan fingerprint density at radius 1 is 1.27 bits per heavy atom. The Labute approximate surface area is 128 Å². The first-order chi connectivity index (χ1) is 9.97. The van der Waals surface area contributed by atoms with Crippen molar-refractivity contribution in [2.24, 2.45) is 5.92 Å². The highest BCUT2D eigenvalue weighted by Gasteiger charge is 2.30. The lowest BCUT2D eigenvalue weighted by Crippen LogP contribution is -2.44. The molecule has 9 heteroatoms. The number of rotatable bonds is 6. The molecule has 8 nitrogen and oxygen atoms in total. The Morgan fingerprint density at radius 3 is 2.23 bits per heavy atom. The number of sulfonamides is 1. The third-order valence-electron chi connectivity index (χ3n) is 3.19. The van der Waals surface area contributed by atoms with Gasteiger partial charge in [0, 0.05) is 11.6 Å². The average Bonchev–Trinajstić information content (AvgIpc) is 2.37. The third-order valence-corrected chi connectivity index (χ3v) is 4.78. The largest absolute Gasteiger partial charge is 0.480 e. The van der Waals surface area contributed by atoms with Crippen molar-refractivity contribution in [2.45, 2.75) is 38.6 Å². The molecule has 1 aromatic carbocycles. The van der Waals surface area contributed by atoms with E-state index in [-0.39, 0.29) is 21.7 Å². The summed E-state index contributed by atoms with van der Waals surface area (Å²) < 4.78 is 26.9. The molecule has 1 rings (SSSR count). The Morgan fingerprint density at radius 2 is 1.82 bits per heavy atom. The number of hydrogen-bond acceptors (Lipinski definition) is 5. The molecule has 0 saturated heterocycles. The van der Waals surface area contributed by atoms with Gasteiger partial charge < -0.3 is 5.11 Å². The Kier molecular flexibility index (Phi) is 5.26. The van der Waals surface area contributed by atoms with Crippen molar-refractivity contribution in [1.29, 1.82) is 0 Å². The first-order valence-electron chi connectivity index (χ1n) is 6.48. The topological polar surface area (TPSA) is 127 Å². The molecular weight excluding hydrogens is 312 g/mol. The highest BCUT2D eigenvalue weighted by molar-refractivity contribution is 7.89. The van der Waals surface area contributed by atoms with E-state index in [0.717, 1.165) is 6.07 Å². The van der Waals surface area contributed by atoms with E-state index in [2.05, 4.69) is 4.72 Å². The van der Waals surface area contributed by atoms with Crippen molar-refractivity contribution >= 4 is 21.7 Å². The molecule has 0 saturated carbocycles. The summed E-state index contributed by atoms with van der Waals surface area (Å²) in [5.41, 5.74) is 0.181. The normalized spacial score (nSPS) is 13.1. The van der Waals surface area contributed by atoms with Crippen molar-refractivity contribution in [1.82, 2.24) is 4.72 Å². The van der Waals surface area contributed by atoms with Gasteiger partial charge in [-0.25, -0.2) is 8.42 Å². The maximum absolute atomic E-state index is 12.4. The smallest absolute Gasteiger partial charge is 0.322 e. The van der Waals surface area contributed by atoms with Crippen LogP contribution in [-0.2, 0) is 14.8 Å². The molecule has 1 atom stereocenters. The number of nitro groups is 1. The van der Waals surface area contributed by atoms with Gasteiger partial charge in [0.15, 0.2) is 0 Å². The van der Waals surface area contributed by atoms with E-state index < -0.39 is 32.9 Å². The lowest BCUT2D eigenvalue weighted by atomic mass is 10.1. The molecule has 0 aliphatic heterocycles. The number of carboxylic acid groups (broad SMARTS) is 1. The minimum Gasteiger partial charge on any atom is -0.480 e. The van der Waals surface area contributed by atoms with Gasteiger partial charge in [-0.3, -0.25) is 14.9 Å². The molecule has 0 radical (unpaired) electrons. The second-order valence-electron chi connectivity index (χ2n) is 5.34. The predicted octanol–water partition coefficient (Wildman–Crippen LogP) is 1.60. The molecule has 122 valence electrons. The molecule has 0 bridgehead atoms. The minimum absolute atomic E-state index is 0.164. The second-order valence-corrected chi connectivity index (χ2v) is 7.02. The summed E-state index contributed by atoms with van der Waals surface area (Å²) >= 11 is 0. The standard InChI is InChI=1S/C13H18N2O6S/c1-7(2)12(13(16)17)14-22(20,21)11-6-8(3)10(15(18)19)5-9(11)4/h5-7,12,14H,1-4H3,(H,16,17). The number of nitro benzene ring substituents is 1. The SMILES string of the molecule is Cc1cc(S(=O)(=O)NC(C(=O)O)C(C)C)c(C)cc1[N+](=O)[O-]. The summed E-state index contributed by atoms with van der Waals surface area (Å²) in [4.78, 5) is 21.2. The monoisotopic (exact) mass is 330 g/mol. The van der Waals surface area contributed by atoms with Crippen molar-refractivity contribution in [3.05, 3.63) is 33.4 Å². The lowest BCUT2D eigenvalue weighted by Gasteiger charge is -2.19. The fourth-order valence-electron chi connectivity index (χ4n) is 1.96. The molecule has 22 heavy (non-hydrogen) atoms. The van der Waals surface area contributed by atoms with E-state index >= 15 is 0 Å². The highest BCUT2D eigenvalue weighted by atomic mass is 32.2. The zero-order valence-corrected chi connectivity index (χ0v) is 13.5. The number of hydrogen-bond donors (Lipinski definition) is 2. The number of carboxylic acids is 1. The minimum atomic E-state index is -4.10. The van der Waals surface area contributed by atoms with Crippen molar-refractivity contribution < 1.29 is 23.2 Å². The Hall–Kier alpha value is -2.00. The first kappa shape index (κ1) is 18.1. The number of carbonyl (C=O) groups is 1. The van der Waals surface area contributed by atoms with E-state index in [1.54, 1.807) is 13.8 Å². The van der Waals surface area contributed by atoms with Crippen LogP contribution in [0.25, 0.3) is 0 Å². The molecule has 0 aliphatic rings. The maximum Gasteiger partial charge on any atom is 0.322 e. The fourth-order valence-corrected chi connectivity index (χ4v) is 3.61. The zero-order valence-electron chi connectivity index (χ0n) is 12.7. The van der Waals surface area contributed by atoms with Crippen LogP contribution >= 0.6 is 0 Å². The summed E-state index contributed by atoms with van der Waals surface area (Å²) in [5.74, 6) is -1.73. The van der Waals surface area contributed by atoms with Gasteiger partial charge in [0.25, 0.3) is 5.69 Å². The van der Waals surface area contributed by atoms with Crippen molar-refractivity contribution in [3.8, 4) is 0 Å². The van der Waals surface area contributed by atoms with Crippen LogP contribution in [0.2, 0.25) is 0 Å². The predicted molar refractivity (Wildman–Crippen MR) is 79.2 cm³/mol. The van der Waals surface area contributed by atoms with Crippen LogP contribution in [0, 0.1) is 29.9 Å². The van der Waals surface area contributed by atoms with Gasteiger partial charge >= 0.3 is 5.97 Å². The van der Waals surface area contributed by atoms with Gasteiger partial charge in [-0.05, 0) is 31.4 Å². The van der Waals surface area contributed by atoms with Crippen LogP contribution in [0.3, 0.4) is 0 Å². The summed E-state index contributed by atoms with van der Waals surface area (Å²) in [6.07, 6.45) is 0. The van der Waals surface area contributed by atoms with Gasteiger partial charge in [0.1, 0.15) is 6.04 Å². The molecule has 0 spiro atoms. The van der Waals surface area contributed by atoms with E-state index in [1.165, 1.54) is 19.9 Å². The zero-order chi connectivity index (χ0) is 17.2. The second kappa shape index (κ2) is 6.41. The van der Waals surface area contributed by atoms with Crippen LogP contribution in [-0.4, -0.2) is 30.5 Å². The quantitative estimate of drug-likeness (QED) is 0.602. The molecule has 2 N–H and O–H groups in total. The fraction of sp³-hybridized carbons (Fsp3) is 0.462. The van der Waals surface area contributed by atoms with Gasteiger partial charge in [0.2, 0.25) is 10.0 Å². The van der Waals surface area contributed by atoms with Crippen molar-refractivity contribution in [2.75, 3.05) is 0 Å². The number of nitrogens with one attached hydrogen (secondary N) is 1. The molecular formula is C13H18N2O6S. The van der Waals surface area contributed by atoms with Gasteiger partial charge in [-0.1, -0.05) is 13.8 Å². The molecule has 0 aliphatic carbocycles. The van der Waals surface area contributed by atoms with Crippen LogP contribution < -0.4 is 4.72 Å². The average molecular weight is 330 g/mol. The first-order valence-corrected chi connectivity index (χ1v) is 7.96. The third kappa shape index (κ3) is 3.80. The van der Waals surface area contributed by atoms with Gasteiger partial charge in [-0.15, -0.1) is 0 Å². The lowest BCUT2D eigenvalue weighted by molar-refractivity contribution is -0.385. The van der Waals surface area contributed by atoms with Gasteiger partial charge in [-0.2, -0.15) is 4.72 Å². The van der Waals surface area contributed by atoms with Crippen molar-refractivity contribution in [3.63, 3.8) is 0 Å². The molecule has 0 aromatic heterocycles. The van der Waals surface area contributed by atoms with Crippen LogP contribution in [0.1, 0.15) is 25.0 Å². The number of benzene rings is 1. The number of aliphatic carboxylic acids is 1. The molecule has 1 aromatic rings. The summed E-state index contributed by atoms with van der Waals surface area (Å²) in [5, 5.41) is 19.9.